The van der Waals surface area contributed by atoms with Gasteiger partial charge in [-0.15, -0.1) is 0 Å². The topological polar surface area (TPSA) is 58.0 Å². The number of hydrogen-bond acceptors (Lipinski definition) is 2. The molecule has 0 saturated heterocycles. The minimum Gasteiger partial charge on any atom is -0.489 e. The van der Waals surface area contributed by atoms with Crippen LogP contribution in [0.1, 0.15) is 11.1 Å². The number of nitrogens with zero attached hydrogens (tertiary/aromatic N) is 3. The van der Waals surface area contributed by atoms with Crippen LogP contribution in [0, 0.1) is 12.7 Å². The lowest BCUT2D eigenvalue weighted by Crippen LogP contribution is -2.16. The monoisotopic (exact) mass is 283 g/mol. The van der Waals surface area contributed by atoms with E-state index in [9.17, 15) is 4.39 Å². The van der Waals surface area contributed by atoms with Crippen LogP contribution in [0.15, 0.2) is 41.5 Å². The first-order valence-electron chi connectivity index (χ1n) is 6.75. The Kier molecular flexibility index (Phi) is 3.50. The molecule has 0 N–H and O–H groups in total. The van der Waals surface area contributed by atoms with E-state index >= 15 is 0 Å². The Labute approximate surface area is 121 Å². The molecule has 1 aliphatic rings. The molecule has 5 heteroatoms. The summed E-state index contributed by atoms with van der Waals surface area (Å²) in [5.41, 5.74) is 12.0. The average molecular weight is 283 g/mol. The number of hydrogen-bond donors (Lipinski definition) is 0. The number of aryl methyl sites for hydroxylation is 1. The van der Waals surface area contributed by atoms with Crippen LogP contribution in [0.4, 0.5) is 4.39 Å². The summed E-state index contributed by atoms with van der Waals surface area (Å²) in [5.74, 6) is 0.299. The molecule has 1 unspecified atom stereocenters. The van der Waals surface area contributed by atoms with Crippen molar-refractivity contribution in [2.75, 3.05) is 6.54 Å². The third-order valence-electron chi connectivity index (χ3n) is 3.70. The average Bonchev–Trinajstić information content (AvgIpc) is 2.92. The van der Waals surface area contributed by atoms with Gasteiger partial charge < -0.3 is 4.74 Å². The molecule has 1 atom stereocenters. The number of benzene rings is 2. The smallest absolute Gasteiger partial charge is 0.133 e. The first-order chi connectivity index (χ1) is 10.2. The summed E-state index contributed by atoms with van der Waals surface area (Å²) in [5, 5.41) is 3.52. The highest BCUT2D eigenvalue weighted by Crippen LogP contribution is 2.41. The zero-order chi connectivity index (χ0) is 14.8. The highest BCUT2D eigenvalue weighted by atomic mass is 19.1. The van der Waals surface area contributed by atoms with E-state index in [4.69, 9.17) is 10.3 Å². The Bertz CT molecular complexity index is 738. The quantitative estimate of drug-likeness (QED) is 0.467. The van der Waals surface area contributed by atoms with Gasteiger partial charge in [-0.25, -0.2) is 4.39 Å². The molecule has 4 nitrogen and oxygen atoms in total. The lowest BCUT2D eigenvalue weighted by atomic mass is 9.97. The van der Waals surface area contributed by atoms with Crippen LogP contribution in [0.2, 0.25) is 0 Å². The van der Waals surface area contributed by atoms with Gasteiger partial charge in [0.1, 0.15) is 17.7 Å². The van der Waals surface area contributed by atoms with E-state index in [1.54, 1.807) is 6.07 Å². The third-order valence-corrected chi connectivity index (χ3v) is 3.70. The lowest BCUT2D eigenvalue weighted by Gasteiger charge is -2.12. The predicted molar refractivity (Wildman–Crippen MR) is 78.7 cm³/mol. The fraction of sp³-hybridized carbons (Fsp3) is 0.250. The van der Waals surface area contributed by atoms with Gasteiger partial charge in [-0.1, -0.05) is 29.4 Å². The molecule has 2 aromatic rings. The Balaban J connectivity index is 2.05. The van der Waals surface area contributed by atoms with Crippen LogP contribution in [0.3, 0.4) is 0 Å². The van der Waals surface area contributed by atoms with Crippen molar-refractivity contribution in [3.63, 3.8) is 0 Å². The summed E-state index contributed by atoms with van der Waals surface area (Å²) in [7, 11) is 0. The van der Waals surface area contributed by atoms with Crippen molar-refractivity contribution in [2.24, 2.45) is 5.11 Å². The number of rotatable bonds is 3. The molecule has 3 rings (SSSR count). The number of halogens is 1. The summed E-state index contributed by atoms with van der Waals surface area (Å²) in [6.07, 6.45) is 0.135. The largest absolute Gasteiger partial charge is 0.489 e. The van der Waals surface area contributed by atoms with Crippen LogP contribution < -0.4 is 4.74 Å². The molecular weight excluding hydrogens is 269 g/mol. The van der Waals surface area contributed by atoms with Crippen molar-refractivity contribution in [3.8, 4) is 16.9 Å². The highest BCUT2D eigenvalue weighted by molar-refractivity contribution is 5.75. The van der Waals surface area contributed by atoms with E-state index in [0.717, 1.165) is 16.7 Å². The second kappa shape index (κ2) is 5.46. The standard InChI is InChI=1S/C16H14FN3O/c1-10-4-2-3-5-12(10)13-6-7-15(17)14-8-11(9-19-20-18)21-16(13)14/h2-7,11H,8-9H2,1H3. The van der Waals surface area contributed by atoms with Crippen LogP contribution in [0.25, 0.3) is 21.6 Å². The van der Waals surface area contributed by atoms with Gasteiger partial charge in [-0.3, -0.25) is 0 Å². The molecule has 0 aromatic heterocycles. The molecular formula is C16H14FN3O. The highest BCUT2D eigenvalue weighted by Gasteiger charge is 2.28. The van der Waals surface area contributed by atoms with E-state index in [1.165, 1.54) is 6.07 Å². The van der Waals surface area contributed by atoms with Crippen molar-refractivity contribution in [1.29, 1.82) is 0 Å². The number of fused-ring (bicyclic) bond motifs is 1. The first-order valence-corrected chi connectivity index (χ1v) is 6.75. The van der Waals surface area contributed by atoms with E-state index in [0.29, 0.717) is 17.7 Å². The molecule has 0 aliphatic carbocycles. The van der Waals surface area contributed by atoms with Crippen LogP contribution >= 0.6 is 0 Å². The predicted octanol–water partition coefficient (Wildman–Crippen LogP) is 4.41. The van der Waals surface area contributed by atoms with Gasteiger partial charge in [-0.05, 0) is 35.7 Å². The molecule has 0 amide bonds. The Hall–Kier alpha value is -2.52. The SMILES string of the molecule is Cc1ccccc1-c1ccc(F)c2c1OC(CN=[N+]=[N-])C2. The fourth-order valence-corrected chi connectivity index (χ4v) is 2.68. The van der Waals surface area contributed by atoms with E-state index in [1.807, 2.05) is 31.2 Å². The summed E-state index contributed by atoms with van der Waals surface area (Å²) < 4.78 is 19.8. The summed E-state index contributed by atoms with van der Waals surface area (Å²) in [6, 6.07) is 11.1. The lowest BCUT2D eigenvalue weighted by molar-refractivity contribution is 0.242. The van der Waals surface area contributed by atoms with Crippen molar-refractivity contribution >= 4 is 0 Å². The van der Waals surface area contributed by atoms with Gasteiger partial charge in [0, 0.05) is 22.5 Å². The fourth-order valence-electron chi connectivity index (χ4n) is 2.68. The molecule has 1 heterocycles. The van der Waals surface area contributed by atoms with E-state index in [-0.39, 0.29) is 18.5 Å². The zero-order valence-electron chi connectivity index (χ0n) is 11.6. The van der Waals surface area contributed by atoms with Gasteiger partial charge in [0.15, 0.2) is 0 Å². The van der Waals surface area contributed by atoms with Gasteiger partial charge in [0.05, 0.1) is 6.54 Å². The van der Waals surface area contributed by atoms with Gasteiger partial charge in [-0.2, -0.15) is 0 Å². The first kappa shape index (κ1) is 13.5. The molecule has 106 valence electrons. The third kappa shape index (κ3) is 2.43. The van der Waals surface area contributed by atoms with Crippen molar-refractivity contribution in [3.05, 3.63) is 63.8 Å². The molecule has 0 spiro atoms. The molecule has 2 aromatic carbocycles. The molecule has 1 aliphatic heterocycles. The van der Waals surface area contributed by atoms with Crippen molar-refractivity contribution in [2.45, 2.75) is 19.4 Å². The van der Waals surface area contributed by atoms with E-state index in [2.05, 4.69) is 10.0 Å². The van der Waals surface area contributed by atoms with Crippen molar-refractivity contribution < 1.29 is 9.13 Å². The Morgan fingerprint density at radius 3 is 2.86 bits per heavy atom. The van der Waals surface area contributed by atoms with Crippen LogP contribution in [-0.4, -0.2) is 12.6 Å². The minimum atomic E-state index is -0.296. The zero-order valence-corrected chi connectivity index (χ0v) is 11.6. The summed E-state index contributed by atoms with van der Waals surface area (Å²) in [6.45, 7) is 2.22. The molecule has 0 fully saturated rings. The normalized spacial score (nSPS) is 16.0. The second-order valence-corrected chi connectivity index (χ2v) is 5.07. The minimum absolute atomic E-state index is 0.206. The number of azide groups is 1. The maximum absolute atomic E-state index is 14.0. The Morgan fingerprint density at radius 2 is 2.10 bits per heavy atom. The van der Waals surface area contributed by atoms with Gasteiger partial charge >= 0.3 is 0 Å². The van der Waals surface area contributed by atoms with Crippen LogP contribution in [-0.2, 0) is 6.42 Å². The van der Waals surface area contributed by atoms with Gasteiger partial charge in [0.2, 0.25) is 0 Å². The second-order valence-electron chi connectivity index (χ2n) is 5.07. The Morgan fingerprint density at radius 1 is 1.29 bits per heavy atom. The van der Waals surface area contributed by atoms with Crippen LogP contribution in [0.5, 0.6) is 5.75 Å². The molecule has 0 bridgehead atoms. The van der Waals surface area contributed by atoms with Gasteiger partial charge in [0.25, 0.3) is 0 Å². The summed E-state index contributed by atoms with van der Waals surface area (Å²) in [4.78, 5) is 2.73. The van der Waals surface area contributed by atoms with Crippen molar-refractivity contribution in [1.82, 2.24) is 0 Å². The maximum Gasteiger partial charge on any atom is 0.133 e. The van der Waals surface area contributed by atoms with E-state index < -0.39 is 0 Å². The molecule has 21 heavy (non-hydrogen) atoms. The number of ether oxygens (including phenoxy) is 1. The molecule has 0 radical (unpaired) electrons. The maximum atomic E-state index is 14.0. The molecule has 0 saturated carbocycles. The summed E-state index contributed by atoms with van der Waals surface area (Å²) >= 11 is 0.